The third-order valence-corrected chi connectivity index (χ3v) is 8.18. The summed E-state index contributed by atoms with van der Waals surface area (Å²) in [7, 11) is 1.67. The number of hydrogen-bond acceptors (Lipinski definition) is 8. The minimum atomic E-state index is 0.275. The zero-order valence-electron chi connectivity index (χ0n) is 19.7. The van der Waals surface area contributed by atoms with Gasteiger partial charge in [0.05, 0.1) is 25.5 Å². The van der Waals surface area contributed by atoms with Crippen molar-refractivity contribution in [3.8, 4) is 11.8 Å². The molecule has 8 nitrogen and oxygen atoms in total. The first kappa shape index (κ1) is 21.9. The summed E-state index contributed by atoms with van der Waals surface area (Å²) >= 11 is 0. The molecule has 2 aromatic heterocycles. The van der Waals surface area contributed by atoms with Gasteiger partial charge in [-0.25, -0.2) is 4.98 Å². The Labute approximate surface area is 195 Å². The van der Waals surface area contributed by atoms with E-state index in [1.165, 1.54) is 32.1 Å². The number of nitriles is 1. The Balaban J connectivity index is 1.29. The standard InChI is InChI=1S/C25H33N7O/c1-14-10-28-20(15(2)22(14)33-3)12-30-24-29-11-19(9-26)23(32-24)31-13-25-6-16-4-17(7-25)21(27)18(5-16)8-25/h10-11,16-18,21H,4-8,12-13,27H2,1-3H3,(H2,29,30,31,32)/t16?,17-,18+,21-,25-. The van der Waals surface area contributed by atoms with E-state index in [0.717, 1.165) is 35.0 Å². The van der Waals surface area contributed by atoms with Crippen LogP contribution in [0.4, 0.5) is 11.8 Å². The van der Waals surface area contributed by atoms with Gasteiger partial charge in [0.2, 0.25) is 5.95 Å². The zero-order valence-corrected chi connectivity index (χ0v) is 19.7. The second kappa shape index (κ2) is 8.45. The van der Waals surface area contributed by atoms with E-state index in [1.54, 1.807) is 13.3 Å². The van der Waals surface area contributed by atoms with Crippen LogP contribution in [0.15, 0.2) is 12.4 Å². The van der Waals surface area contributed by atoms with E-state index in [4.69, 9.17) is 10.5 Å². The number of aromatic nitrogens is 3. The Morgan fingerprint density at radius 1 is 1.15 bits per heavy atom. The molecule has 0 saturated heterocycles. The molecule has 5 atom stereocenters. The molecule has 1 unspecified atom stereocenters. The zero-order chi connectivity index (χ0) is 23.2. The molecule has 2 heterocycles. The largest absolute Gasteiger partial charge is 0.496 e. The summed E-state index contributed by atoms with van der Waals surface area (Å²) in [5.74, 6) is 4.03. The van der Waals surface area contributed by atoms with E-state index in [1.807, 2.05) is 20.0 Å². The second-order valence-corrected chi connectivity index (χ2v) is 10.4. The van der Waals surface area contributed by atoms with Crippen molar-refractivity contribution in [3.05, 3.63) is 34.8 Å². The van der Waals surface area contributed by atoms with E-state index in [2.05, 4.69) is 31.7 Å². The first-order valence-corrected chi connectivity index (χ1v) is 11.9. The number of methoxy groups -OCH3 is 1. The van der Waals surface area contributed by atoms with Crippen molar-refractivity contribution in [2.24, 2.45) is 28.9 Å². The van der Waals surface area contributed by atoms with E-state index < -0.39 is 0 Å². The molecule has 174 valence electrons. The Kier molecular flexibility index (Phi) is 5.61. The number of nitrogens with two attached hydrogens (primary N) is 1. The molecule has 4 fully saturated rings. The lowest BCUT2D eigenvalue weighted by molar-refractivity contribution is -0.0591. The smallest absolute Gasteiger partial charge is 0.225 e. The lowest BCUT2D eigenvalue weighted by atomic mass is 9.48. The van der Waals surface area contributed by atoms with E-state index in [0.29, 0.717) is 41.8 Å². The molecule has 33 heavy (non-hydrogen) atoms. The van der Waals surface area contributed by atoms with Crippen molar-refractivity contribution in [2.75, 3.05) is 24.3 Å². The number of aryl methyl sites for hydroxylation is 1. The molecular weight excluding hydrogens is 414 g/mol. The highest BCUT2D eigenvalue weighted by atomic mass is 16.5. The highest BCUT2D eigenvalue weighted by molar-refractivity contribution is 5.53. The molecule has 0 aromatic carbocycles. The van der Waals surface area contributed by atoms with Crippen molar-refractivity contribution in [2.45, 2.75) is 58.5 Å². The molecule has 4 saturated carbocycles. The van der Waals surface area contributed by atoms with Crippen molar-refractivity contribution in [3.63, 3.8) is 0 Å². The van der Waals surface area contributed by atoms with Gasteiger partial charge in [0.25, 0.3) is 0 Å². The Morgan fingerprint density at radius 3 is 2.61 bits per heavy atom. The molecule has 0 radical (unpaired) electrons. The molecule has 4 aliphatic rings. The van der Waals surface area contributed by atoms with Crippen LogP contribution in [0.3, 0.4) is 0 Å². The average Bonchev–Trinajstić information content (AvgIpc) is 2.80. The van der Waals surface area contributed by atoms with Crippen LogP contribution in [0, 0.1) is 48.3 Å². The van der Waals surface area contributed by atoms with Gasteiger partial charge in [0, 0.05) is 29.9 Å². The van der Waals surface area contributed by atoms with Crippen LogP contribution >= 0.6 is 0 Å². The van der Waals surface area contributed by atoms with Crippen molar-refractivity contribution < 1.29 is 4.74 Å². The first-order chi connectivity index (χ1) is 15.9. The molecule has 6 rings (SSSR count). The number of nitrogens with one attached hydrogen (secondary N) is 2. The Morgan fingerprint density at radius 2 is 1.91 bits per heavy atom. The number of hydrogen-bond donors (Lipinski definition) is 3. The molecular formula is C25H33N7O. The van der Waals surface area contributed by atoms with E-state index in [9.17, 15) is 5.26 Å². The highest BCUT2D eigenvalue weighted by Gasteiger charge is 2.54. The quantitative estimate of drug-likeness (QED) is 0.589. The number of rotatable bonds is 7. The minimum absolute atomic E-state index is 0.275. The van der Waals surface area contributed by atoms with Crippen LogP contribution in [-0.4, -0.2) is 34.6 Å². The summed E-state index contributed by atoms with van der Waals surface area (Å²) in [6.45, 7) is 5.29. The Bertz CT molecular complexity index is 1080. The molecule has 4 N–H and O–H groups in total. The van der Waals surface area contributed by atoms with Gasteiger partial charge in [0.1, 0.15) is 23.2 Å². The predicted octanol–water partition coefficient (Wildman–Crippen LogP) is 3.55. The van der Waals surface area contributed by atoms with Crippen LogP contribution < -0.4 is 21.1 Å². The maximum atomic E-state index is 9.60. The fraction of sp³-hybridized carbons (Fsp3) is 0.600. The molecule has 0 spiro atoms. The molecule has 0 aliphatic heterocycles. The predicted molar refractivity (Wildman–Crippen MR) is 127 cm³/mol. The van der Waals surface area contributed by atoms with Gasteiger partial charge in [-0.3, -0.25) is 4.98 Å². The fourth-order valence-electron chi connectivity index (χ4n) is 6.82. The monoisotopic (exact) mass is 447 g/mol. The van der Waals surface area contributed by atoms with Gasteiger partial charge in [0.15, 0.2) is 0 Å². The van der Waals surface area contributed by atoms with Gasteiger partial charge in [-0.2, -0.15) is 10.2 Å². The van der Waals surface area contributed by atoms with E-state index in [-0.39, 0.29) is 5.41 Å². The molecule has 2 aromatic rings. The first-order valence-electron chi connectivity index (χ1n) is 11.9. The summed E-state index contributed by atoms with van der Waals surface area (Å²) in [6.07, 6.45) is 9.62. The van der Waals surface area contributed by atoms with Crippen LogP contribution in [0.1, 0.15) is 54.5 Å². The van der Waals surface area contributed by atoms with Crippen LogP contribution in [-0.2, 0) is 6.54 Å². The lowest BCUT2D eigenvalue weighted by Crippen LogP contribution is -2.58. The normalized spacial score (nSPS) is 29.5. The van der Waals surface area contributed by atoms with Crippen molar-refractivity contribution in [1.82, 2.24) is 15.0 Å². The number of nitrogens with zero attached hydrogens (tertiary/aromatic N) is 4. The van der Waals surface area contributed by atoms with Crippen LogP contribution in [0.2, 0.25) is 0 Å². The molecule has 4 bridgehead atoms. The number of ether oxygens (including phenoxy) is 1. The molecule has 0 amide bonds. The maximum Gasteiger partial charge on any atom is 0.225 e. The number of pyridine rings is 1. The SMILES string of the molecule is COc1c(C)cnc(CNc2ncc(C#N)c(NC[C@]34CC5C[C@H](C3)[C@@H](N)[C@@H](C5)C4)n2)c1C. The molecule has 4 aliphatic carbocycles. The van der Waals surface area contributed by atoms with Gasteiger partial charge >= 0.3 is 0 Å². The molecule has 8 heteroatoms. The third-order valence-electron chi connectivity index (χ3n) is 8.18. The van der Waals surface area contributed by atoms with Crippen LogP contribution in [0.25, 0.3) is 0 Å². The summed E-state index contributed by atoms with van der Waals surface area (Å²) in [6, 6.07) is 2.60. The van der Waals surface area contributed by atoms with Gasteiger partial charge in [-0.1, -0.05) is 0 Å². The van der Waals surface area contributed by atoms with Gasteiger partial charge < -0.3 is 21.1 Å². The van der Waals surface area contributed by atoms with Crippen LogP contribution in [0.5, 0.6) is 5.75 Å². The Hall–Kier alpha value is -2.92. The average molecular weight is 448 g/mol. The third kappa shape index (κ3) is 3.99. The van der Waals surface area contributed by atoms with Gasteiger partial charge in [-0.05, 0) is 69.1 Å². The summed E-state index contributed by atoms with van der Waals surface area (Å²) in [4.78, 5) is 13.5. The summed E-state index contributed by atoms with van der Waals surface area (Å²) < 4.78 is 5.50. The van der Waals surface area contributed by atoms with Crippen molar-refractivity contribution >= 4 is 11.8 Å². The topological polar surface area (TPSA) is 122 Å². The summed E-state index contributed by atoms with van der Waals surface area (Å²) in [5, 5.41) is 16.4. The van der Waals surface area contributed by atoms with E-state index >= 15 is 0 Å². The highest BCUT2D eigenvalue weighted by Crippen LogP contribution is 2.59. The fourth-order valence-corrected chi connectivity index (χ4v) is 6.82. The lowest BCUT2D eigenvalue weighted by Gasteiger charge is -2.59. The van der Waals surface area contributed by atoms with Gasteiger partial charge in [-0.15, -0.1) is 0 Å². The second-order valence-electron chi connectivity index (χ2n) is 10.4. The summed E-state index contributed by atoms with van der Waals surface area (Å²) in [5.41, 5.74) is 10.1. The maximum absolute atomic E-state index is 9.60. The van der Waals surface area contributed by atoms with Crippen molar-refractivity contribution in [1.29, 1.82) is 5.26 Å². The number of anilines is 2. The minimum Gasteiger partial charge on any atom is -0.496 e.